The Bertz CT molecular complexity index is 1030. The van der Waals surface area contributed by atoms with Gasteiger partial charge >= 0.3 is 0 Å². The Morgan fingerprint density at radius 3 is 2.55 bits per heavy atom. The van der Waals surface area contributed by atoms with E-state index < -0.39 is 0 Å². The lowest BCUT2D eigenvalue weighted by molar-refractivity contribution is 0.0963. The summed E-state index contributed by atoms with van der Waals surface area (Å²) in [7, 11) is 1.64. The molecule has 5 nitrogen and oxygen atoms in total. The summed E-state index contributed by atoms with van der Waals surface area (Å²) in [6.07, 6.45) is 0.768. The minimum atomic E-state index is -0.0701. The van der Waals surface area contributed by atoms with Crippen LogP contribution in [0.25, 0.3) is 10.8 Å². The van der Waals surface area contributed by atoms with E-state index in [2.05, 4.69) is 72.3 Å². The van der Waals surface area contributed by atoms with Crippen molar-refractivity contribution in [1.82, 2.24) is 16.0 Å². The summed E-state index contributed by atoms with van der Waals surface area (Å²) in [5, 5.41) is 12.0. The van der Waals surface area contributed by atoms with Gasteiger partial charge in [0, 0.05) is 25.7 Å². The molecule has 0 heterocycles. The number of hydrogen-bond donors (Lipinski definition) is 3. The van der Waals surface area contributed by atoms with Gasteiger partial charge in [0.15, 0.2) is 5.96 Å². The molecule has 3 N–H and O–H groups in total. The first kappa shape index (κ1) is 24.7. The van der Waals surface area contributed by atoms with Crippen LogP contribution in [-0.2, 0) is 6.42 Å². The third kappa shape index (κ3) is 6.69. The summed E-state index contributed by atoms with van der Waals surface area (Å²) < 4.78 is 0. The average molecular weight is 530 g/mol. The van der Waals surface area contributed by atoms with E-state index in [1.165, 1.54) is 16.3 Å². The van der Waals surface area contributed by atoms with Crippen molar-refractivity contribution in [2.24, 2.45) is 4.99 Å². The lowest BCUT2D eigenvalue weighted by Gasteiger charge is -2.20. The number of fused-ring (bicyclic) bond motifs is 1. The summed E-state index contributed by atoms with van der Waals surface area (Å²) in [5.74, 6) is 0.722. The third-order valence-corrected chi connectivity index (χ3v) is 5.07. The molecule has 0 saturated carbocycles. The van der Waals surface area contributed by atoms with E-state index in [-0.39, 0.29) is 35.9 Å². The fraction of sp³-hybridized carbons (Fsp3) is 0.280. The molecule has 0 radical (unpaired) electrons. The first-order valence-corrected chi connectivity index (χ1v) is 10.5. The van der Waals surface area contributed by atoms with Crippen molar-refractivity contribution in [3.63, 3.8) is 0 Å². The molecule has 3 aromatic rings. The predicted octanol–water partition coefficient (Wildman–Crippen LogP) is 4.68. The lowest BCUT2D eigenvalue weighted by Crippen LogP contribution is -2.39. The Kier molecular flexibility index (Phi) is 9.78. The zero-order valence-corrected chi connectivity index (χ0v) is 20.6. The standard InChI is InChI=1S/C25H30N4O.HI/c1-4-27-25(28-16-15-19-9-7-12-21(17-19)24(30)26-3)29-18(2)22-14-8-11-20-10-5-6-13-23(20)22;/h5-14,17-18H,4,15-16H2,1-3H3,(H,26,30)(H2,27,28,29);1H. The molecule has 6 heteroatoms. The molecule has 0 aliphatic carbocycles. The molecule has 0 fully saturated rings. The number of halogens is 1. The van der Waals surface area contributed by atoms with Gasteiger partial charge < -0.3 is 16.0 Å². The van der Waals surface area contributed by atoms with Gasteiger partial charge in [0.2, 0.25) is 0 Å². The van der Waals surface area contributed by atoms with Crippen molar-refractivity contribution in [2.75, 3.05) is 20.1 Å². The Morgan fingerprint density at radius 2 is 1.77 bits per heavy atom. The van der Waals surface area contributed by atoms with Crippen LogP contribution in [0.2, 0.25) is 0 Å². The van der Waals surface area contributed by atoms with Crippen LogP contribution in [0.5, 0.6) is 0 Å². The maximum Gasteiger partial charge on any atom is 0.251 e. The number of amides is 1. The van der Waals surface area contributed by atoms with Crippen LogP contribution in [0.4, 0.5) is 0 Å². The average Bonchev–Trinajstić information content (AvgIpc) is 2.78. The second-order valence-corrected chi connectivity index (χ2v) is 7.22. The fourth-order valence-corrected chi connectivity index (χ4v) is 3.54. The molecular formula is C25H31IN4O. The van der Waals surface area contributed by atoms with Crippen LogP contribution in [0.3, 0.4) is 0 Å². The van der Waals surface area contributed by atoms with E-state index >= 15 is 0 Å². The smallest absolute Gasteiger partial charge is 0.251 e. The van der Waals surface area contributed by atoms with Gasteiger partial charge in [-0.3, -0.25) is 9.79 Å². The van der Waals surface area contributed by atoms with Crippen molar-refractivity contribution in [3.8, 4) is 0 Å². The molecule has 164 valence electrons. The number of nitrogens with one attached hydrogen (secondary N) is 3. The highest BCUT2D eigenvalue weighted by Crippen LogP contribution is 2.23. The van der Waals surface area contributed by atoms with Gasteiger partial charge in [0.25, 0.3) is 5.91 Å². The highest BCUT2D eigenvalue weighted by atomic mass is 127. The third-order valence-electron chi connectivity index (χ3n) is 5.07. The SMILES string of the molecule is CCNC(=NCCc1cccc(C(=O)NC)c1)NC(C)c1cccc2ccccc12.I. The lowest BCUT2D eigenvalue weighted by atomic mass is 10.00. The van der Waals surface area contributed by atoms with Crippen LogP contribution in [0.15, 0.2) is 71.7 Å². The predicted molar refractivity (Wildman–Crippen MR) is 140 cm³/mol. The van der Waals surface area contributed by atoms with Crippen molar-refractivity contribution in [1.29, 1.82) is 0 Å². The zero-order chi connectivity index (χ0) is 21.3. The minimum absolute atomic E-state index is 0. The van der Waals surface area contributed by atoms with E-state index in [0.29, 0.717) is 12.1 Å². The number of aliphatic imine (C=N–C) groups is 1. The normalized spacial score (nSPS) is 12.0. The summed E-state index contributed by atoms with van der Waals surface area (Å²) in [6.45, 7) is 5.64. The van der Waals surface area contributed by atoms with E-state index in [1.54, 1.807) is 7.05 Å². The summed E-state index contributed by atoms with van der Waals surface area (Å²) in [6, 6.07) is 22.6. The van der Waals surface area contributed by atoms with Gasteiger partial charge in [0.1, 0.15) is 0 Å². The fourth-order valence-electron chi connectivity index (χ4n) is 3.54. The number of guanidine groups is 1. The minimum Gasteiger partial charge on any atom is -0.357 e. The number of rotatable bonds is 7. The van der Waals surface area contributed by atoms with Crippen molar-refractivity contribution >= 4 is 46.6 Å². The van der Waals surface area contributed by atoms with Gasteiger partial charge in [-0.2, -0.15) is 0 Å². The first-order valence-electron chi connectivity index (χ1n) is 10.5. The maximum absolute atomic E-state index is 11.8. The van der Waals surface area contributed by atoms with Crippen LogP contribution in [0, 0.1) is 0 Å². The van der Waals surface area contributed by atoms with Crippen LogP contribution in [-0.4, -0.2) is 32.0 Å². The topological polar surface area (TPSA) is 65.5 Å². The molecule has 31 heavy (non-hydrogen) atoms. The molecule has 0 aromatic heterocycles. The summed E-state index contributed by atoms with van der Waals surface area (Å²) >= 11 is 0. The van der Waals surface area contributed by atoms with Crippen LogP contribution >= 0.6 is 24.0 Å². The molecule has 3 rings (SSSR count). The van der Waals surface area contributed by atoms with Gasteiger partial charge in [-0.25, -0.2) is 0 Å². The molecule has 1 amide bonds. The molecule has 0 saturated heterocycles. The maximum atomic E-state index is 11.8. The quantitative estimate of drug-likeness (QED) is 0.236. The monoisotopic (exact) mass is 530 g/mol. The highest BCUT2D eigenvalue weighted by molar-refractivity contribution is 14.0. The number of hydrogen-bond acceptors (Lipinski definition) is 2. The first-order chi connectivity index (χ1) is 14.6. The van der Waals surface area contributed by atoms with Crippen molar-refractivity contribution < 1.29 is 4.79 Å². The van der Waals surface area contributed by atoms with Gasteiger partial charge in [-0.1, -0.05) is 54.6 Å². The second-order valence-electron chi connectivity index (χ2n) is 7.22. The van der Waals surface area contributed by atoms with E-state index in [9.17, 15) is 4.79 Å². The molecule has 0 spiro atoms. The number of carbonyl (C=O) groups is 1. The number of carbonyl (C=O) groups excluding carboxylic acids is 1. The van der Waals surface area contributed by atoms with E-state index in [1.807, 2.05) is 24.3 Å². The molecular weight excluding hydrogens is 499 g/mol. The van der Waals surface area contributed by atoms with Gasteiger partial charge in [-0.05, 0) is 54.3 Å². The van der Waals surface area contributed by atoms with Crippen molar-refractivity contribution in [3.05, 3.63) is 83.4 Å². The van der Waals surface area contributed by atoms with Crippen LogP contribution in [0.1, 0.15) is 41.4 Å². The Morgan fingerprint density at radius 1 is 1.03 bits per heavy atom. The molecule has 0 bridgehead atoms. The Balaban J connectivity index is 0.00000341. The number of nitrogens with zero attached hydrogens (tertiary/aromatic N) is 1. The van der Waals surface area contributed by atoms with E-state index in [4.69, 9.17) is 4.99 Å². The van der Waals surface area contributed by atoms with Crippen molar-refractivity contribution in [2.45, 2.75) is 26.3 Å². The summed E-state index contributed by atoms with van der Waals surface area (Å²) in [4.78, 5) is 16.6. The second kappa shape index (κ2) is 12.3. The van der Waals surface area contributed by atoms with E-state index in [0.717, 1.165) is 24.5 Å². The molecule has 0 aliphatic heterocycles. The molecule has 1 atom stereocenters. The van der Waals surface area contributed by atoms with Gasteiger partial charge in [0.05, 0.1) is 6.04 Å². The molecule has 3 aromatic carbocycles. The highest BCUT2D eigenvalue weighted by Gasteiger charge is 2.11. The summed E-state index contributed by atoms with van der Waals surface area (Å²) in [5.41, 5.74) is 3.02. The molecule has 1 unspecified atom stereocenters. The molecule has 0 aliphatic rings. The van der Waals surface area contributed by atoms with Gasteiger partial charge in [-0.15, -0.1) is 24.0 Å². The number of benzene rings is 3. The van der Waals surface area contributed by atoms with Crippen LogP contribution < -0.4 is 16.0 Å². The zero-order valence-electron chi connectivity index (χ0n) is 18.3. The Hall–Kier alpha value is -2.61. The largest absolute Gasteiger partial charge is 0.357 e. The Labute approximate surface area is 201 Å².